The SMILES string of the molecule is COc1cc(C)cc(C)c1C(=O)C1CCOCC1C. The third kappa shape index (κ3) is 2.81. The molecule has 0 aromatic heterocycles. The van der Waals surface area contributed by atoms with E-state index in [2.05, 4.69) is 6.92 Å². The highest BCUT2D eigenvalue weighted by Gasteiger charge is 2.31. The van der Waals surface area contributed by atoms with E-state index in [1.165, 1.54) is 0 Å². The van der Waals surface area contributed by atoms with Crippen LogP contribution in [0, 0.1) is 25.7 Å². The third-order valence-corrected chi connectivity index (χ3v) is 3.89. The molecule has 0 bridgehead atoms. The summed E-state index contributed by atoms with van der Waals surface area (Å²) in [6.45, 7) is 7.42. The molecule has 1 fully saturated rings. The average Bonchev–Trinajstić information content (AvgIpc) is 2.37. The van der Waals surface area contributed by atoms with Gasteiger partial charge < -0.3 is 9.47 Å². The molecule has 0 radical (unpaired) electrons. The van der Waals surface area contributed by atoms with Crippen molar-refractivity contribution in [2.24, 2.45) is 11.8 Å². The number of ether oxygens (including phenoxy) is 2. The van der Waals surface area contributed by atoms with Crippen molar-refractivity contribution in [3.8, 4) is 5.75 Å². The van der Waals surface area contributed by atoms with Crippen LogP contribution in [0.1, 0.15) is 34.8 Å². The van der Waals surface area contributed by atoms with Crippen molar-refractivity contribution >= 4 is 5.78 Å². The second-order valence-electron chi connectivity index (χ2n) is 5.47. The number of benzene rings is 1. The molecule has 0 N–H and O–H groups in total. The number of aryl methyl sites for hydroxylation is 2. The molecule has 0 spiro atoms. The lowest BCUT2D eigenvalue weighted by molar-refractivity contribution is 0.0239. The maximum absolute atomic E-state index is 12.8. The fourth-order valence-electron chi connectivity index (χ4n) is 2.86. The Morgan fingerprint density at radius 2 is 2.11 bits per heavy atom. The van der Waals surface area contributed by atoms with Crippen LogP contribution in [0.5, 0.6) is 5.75 Å². The van der Waals surface area contributed by atoms with Crippen molar-refractivity contribution in [3.05, 3.63) is 28.8 Å². The molecule has 1 heterocycles. The first-order chi connectivity index (χ1) is 9.04. The molecule has 104 valence electrons. The van der Waals surface area contributed by atoms with E-state index < -0.39 is 0 Å². The lowest BCUT2D eigenvalue weighted by Gasteiger charge is -2.28. The van der Waals surface area contributed by atoms with Crippen LogP contribution in [0.4, 0.5) is 0 Å². The standard InChI is InChI=1S/C16H22O3/c1-10-7-11(2)15(14(8-10)18-4)16(17)13-5-6-19-9-12(13)3/h7-8,12-13H,5-6,9H2,1-4H3. The van der Waals surface area contributed by atoms with E-state index in [1.807, 2.05) is 26.0 Å². The van der Waals surface area contributed by atoms with Gasteiger partial charge in [-0.1, -0.05) is 13.0 Å². The van der Waals surface area contributed by atoms with Crippen molar-refractivity contribution in [1.29, 1.82) is 0 Å². The van der Waals surface area contributed by atoms with Gasteiger partial charge in [0.15, 0.2) is 5.78 Å². The number of hydrogen-bond acceptors (Lipinski definition) is 3. The van der Waals surface area contributed by atoms with E-state index in [9.17, 15) is 4.79 Å². The quantitative estimate of drug-likeness (QED) is 0.785. The maximum atomic E-state index is 12.8. The van der Waals surface area contributed by atoms with Crippen molar-refractivity contribution in [3.63, 3.8) is 0 Å². The number of rotatable bonds is 3. The molecule has 3 nitrogen and oxygen atoms in total. The Morgan fingerprint density at radius 3 is 2.74 bits per heavy atom. The zero-order valence-corrected chi connectivity index (χ0v) is 12.2. The lowest BCUT2D eigenvalue weighted by Crippen LogP contribution is -2.32. The molecule has 1 aliphatic rings. The van der Waals surface area contributed by atoms with Crippen molar-refractivity contribution in [2.45, 2.75) is 27.2 Å². The largest absolute Gasteiger partial charge is 0.496 e. The minimum Gasteiger partial charge on any atom is -0.496 e. The minimum atomic E-state index is 0.0454. The van der Waals surface area contributed by atoms with Crippen LogP contribution in [0.25, 0.3) is 0 Å². The molecule has 1 saturated heterocycles. The number of carbonyl (C=O) groups is 1. The number of ketones is 1. The van der Waals surface area contributed by atoms with Gasteiger partial charge in [-0.15, -0.1) is 0 Å². The molecule has 0 aliphatic carbocycles. The van der Waals surface area contributed by atoms with Gasteiger partial charge in [0.2, 0.25) is 0 Å². The smallest absolute Gasteiger partial charge is 0.170 e. The minimum absolute atomic E-state index is 0.0454. The van der Waals surface area contributed by atoms with Gasteiger partial charge in [-0.2, -0.15) is 0 Å². The Kier molecular flexibility index (Phi) is 4.25. The summed E-state index contributed by atoms with van der Waals surface area (Å²) in [6, 6.07) is 3.98. The summed E-state index contributed by atoms with van der Waals surface area (Å²) in [6.07, 6.45) is 0.802. The Morgan fingerprint density at radius 1 is 1.37 bits per heavy atom. The van der Waals surface area contributed by atoms with Crippen molar-refractivity contribution < 1.29 is 14.3 Å². The highest BCUT2D eigenvalue weighted by Crippen LogP contribution is 2.32. The molecule has 0 amide bonds. The molecule has 0 saturated carbocycles. The monoisotopic (exact) mass is 262 g/mol. The van der Waals surface area contributed by atoms with Gasteiger partial charge in [0.25, 0.3) is 0 Å². The molecular formula is C16H22O3. The third-order valence-electron chi connectivity index (χ3n) is 3.89. The number of hydrogen-bond donors (Lipinski definition) is 0. The summed E-state index contributed by atoms with van der Waals surface area (Å²) >= 11 is 0. The van der Waals surface area contributed by atoms with E-state index in [-0.39, 0.29) is 17.6 Å². The summed E-state index contributed by atoms with van der Waals surface area (Å²) in [5.74, 6) is 1.21. The van der Waals surface area contributed by atoms with Gasteiger partial charge in [-0.25, -0.2) is 0 Å². The van der Waals surface area contributed by atoms with Gasteiger partial charge in [-0.3, -0.25) is 4.79 Å². The molecule has 2 rings (SSSR count). The van der Waals surface area contributed by atoms with E-state index in [4.69, 9.17) is 9.47 Å². The Bertz CT molecular complexity index is 479. The van der Waals surface area contributed by atoms with E-state index in [1.54, 1.807) is 7.11 Å². The molecule has 1 aliphatic heterocycles. The van der Waals surface area contributed by atoms with E-state index >= 15 is 0 Å². The Balaban J connectivity index is 2.37. The lowest BCUT2D eigenvalue weighted by atomic mass is 9.82. The zero-order valence-electron chi connectivity index (χ0n) is 12.2. The molecule has 2 unspecified atom stereocenters. The molecule has 19 heavy (non-hydrogen) atoms. The predicted octanol–water partition coefficient (Wildman–Crippen LogP) is 3.17. The zero-order chi connectivity index (χ0) is 14.0. The number of Topliss-reactive ketones (excluding diaryl/α,β-unsaturated/α-hetero) is 1. The fraction of sp³-hybridized carbons (Fsp3) is 0.562. The predicted molar refractivity (Wildman–Crippen MR) is 74.9 cm³/mol. The van der Waals surface area contributed by atoms with Crippen LogP contribution in [-0.4, -0.2) is 26.1 Å². The van der Waals surface area contributed by atoms with Crippen LogP contribution in [0.3, 0.4) is 0 Å². The van der Waals surface area contributed by atoms with E-state index in [0.29, 0.717) is 19.0 Å². The molecule has 3 heteroatoms. The summed E-state index contributed by atoms with van der Waals surface area (Å²) in [5.41, 5.74) is 2.86. The first kappa shape index (κ1) is 14.1. The van der Waals surface area contributed by atoms with Crippen LogP contribution in [-0.2, 0) is 4.74 Å². The van der Waals surface area contributed by atoms with Gasteiger partial charge in [0, 0.05) is 19.1 Å². The number of methoxy groups -OCH3 is 1. The van der Waals surface area contributed by atoms with Gasteiger partial charge >= 0.3 is 0 Å². The Hall–Kier alpha value is -1.35. The normalized spacial score (nSPS) is 23.2. The van der Waals surface area contributed by atoms with Crippen LogP contribution in [0.2, 0.25) is 0 Å². The van der Waals surface area contributed by atoms with Gasteiger partial charge in [-0.05, 0) is 43.4 Å². The van der Waals surface area contributed by atoms with Crippen LogP contribution >= 0.6 is 0 Å². The topological polar surface area (TPSA) is 35.5 Å². The summed E-state index contributed by atoms with van der Waals surface area (Å²) < 4.78 is 10.8. The molecule has 2 atom stereocenters. The highest BCUT2D eigenvalue weighted by molar-refractivity contribution is 6.02. The van der Waals surface area contributed by atoms with Gasteiger partial charge in [0.05, 0.1) is 12.7 Å². The van der Waals surface area contributed by atoms with E-state index in [0.717, 1.165) is 23.1 Å². The van der Waals surface area contributed by atoms with Crippen molar-refractivity contribution in [1.82, 2.24) is 0 Å². The molecule has 1 aromatic carbocycles. The van der Waals surface area contributed by atoms with Crippen LogP contribution in [0.15, 0.2) is 12.1 Å². The first-order valence-electron chi connectivity index (χ1n) is 6.81. The number of carbonyl (C=O) groups excluding carboxylic acids is 1. The second-order valence-corrected chi connectivity index (χ2v) is 5.47. The highest BCUT2D eigenvalue weighted by atomic mass is 16.5. The summed E-state index contributed by atoms with van der Waals surface area (Å²) in [5, 5.41) is 0. The second kappa shape index (κ2) is 5.74. The van der Waals surface area contributed by atoms with Gasteiger partial charge in [0.1, 0.15) is 5.75 Å². The van der Waals surface area contributed by atoms with Crippen molar-refractivity contribution in [2.75, 3.05) is 20.3 Å². The summed E-state index contributed by atoms with van der Waals surface area (Å²) in [7, 11) is 1.62. The van der Waals surface area contributed by atoms with Crippen LogP contribution < -0.4 is 4.74 Å². The fourth-order valence-corrected chi connectivity index (χ4v) is 2.86. The average molecular weight is 262 g/mol. The molecule has 1 aromatic rings. The maximum Gasteiger partial charge on any atom is 0.170 e. The first-order valence-corrected chi connectivity index (χ1v) is 6.81. The Labute approximate surface area is 114 Å². The molecular weight excluding hydrogens is 240 g/mol. The summed E-state index contributed by atoms with van der Waals surface area (Å²) in [4.78, 5) is 12.8.